The van der Waals surface area contributed by atoms with Crippen molar-refractivity contribution in [1.29, 1.82) is 0 Å². The normalized spacial score (nSPS) is 10.2. The summed E-state index contributed by atoms with van der Waals surface area (Å²) in [5.41, 5.74) is 2.89. The second kappa shape index (κ2) is 6.74. The molecule has 6 heteroatoms. The monoisotopic (exact) mass is 307 g/mol. The van der Waals surface area contributed by atoms with Gasteiger partial charge < -0.3 is 15.4 Å². The molecule has 3 rings (SSSR count). The molecule has 1 aromatic heterocycles. The summed E-state index contributed by atoms with van der Waals surface area (Å²) in [6, 6.07) is 15.6. The van der Waals surface area contributed by atoms with Gasteiger partial charge in [0.1, 0.15) is 5.75 Å². The minimum absolute atomic E-state index is 0.426. The van der Waals surface area contributed by atoms with Crippen LogP contribution in [0.3, 0.4) is 0 Å². The summed E-state index contributed by atoms with van der Waals surface area (Å²) in [7, 11) is 1.63. The van der Waals surface area contributed by atoms with Crippen LogP contribution in [0, 0.1) is 6.92 Å². The number of hydrogen-bond acceptors (Lipinski definition) is 6. The summed E-state index contributed by atoms with van der Waals surface area (Å²) in [5, 5.41) is 14.3. The number of aryl methyl sites for hydroxylation is 1. The summed E-state index contributed by atoms with van der Waals surface area (Å²) in [6.07, 6.45) is 1.56. The average Bonchev–Trinajstić information content (AvgIpc) is 2.56. The van der Waals surface area contributed by atoms with Gasteiger partial charge in [-0.1, -0.05) is 24.3 Å². The van der Waals surface area contributed by atoms with Crippen molar-refractivity contribution in [2.75, 3.05) is 17.7 Å². The molecule has 0 fully saturated rings. The maximum Gasteiger partial charge on any atom is 0.249 e. The fourth-order valence-corrected chi connectivity index (χ4v) is 2.15. The second-order valence-corrected chi connectivity index (χ2v) is 4.98. The van der Waals surface area contributed by atoms with Crippen molar-refractivity contribution >= 4 is 23.1 Å². The lowest BCUT2D eigenvalue weighted by molar-refractivity contribution is 0.417. The van der Waals surface area contributed by atoms with Crippen LogP contribution in [0.4, 0.5) is 23.1 Å². The predicted molar refractivity (Wildman–Crippen MR) is 90.6 cm³/mol. The number of nitrogens with one attached hydrogen (secondary N) is 2. The van der Waals surface area contributed by atoms with Crippen LogP contribution in [0.5, 0.6) is 5.75 Å². The quantitative estimate of drug-likeness (QED) is 0.749. The molecule has 0 bridgehead atoms. The third kappa shape index (κ3) is 3.74. The van der Waals surface area contributed by atoms with E-state index in [0.29, 0.717) is 11.8 Å². The fraction of sp³-hybridized carbons (Fsp3) is 0.118. The molecule has 0 amide bonds. The lowest BCUT2D eigenvalue weighted by atomic mass is 10.2. The molecule has 0 saturated carbocycles. The van der Waals surface area contributed by atoms with Crippen LogP contribution in [0.1, 0.15) is 5.56 Å². The number of anilines is 4. The number of nitrogens with zero attached hydrogens (tertiary/aromatic N) is 3. The van der Waals surface area contributed by atoms with Crippen molar-refractivity contribution in [3.8, 4) is 5.75 Å². The zero-order chi connectivity index (χ0) is 16.1. The van der Waals surface area contributed by atoms with E-state index >= 15 is 0 Å². The van der Waals surface area contributed by atoms with E-state index in [2.05, 4.69) is 25.8 Å². The zero-order valence-corrected chi connectivity index (χ0v) is 12.9. The number of aromatic nitrogens is 3. The van der Waals surface area contributed by atoms with E-state index in [9.17, 15) is 0 Å². The van der Waals surface area contributed by atoms with Crippen LogP contribution in [0.25, 0.3) is 0 Å². The molecule has 0 atom stereocenters. The molecule has 1 heterocycles. The third-order valence-electron chi connectivity index (χ3n) is 3.20. The van der Waals surface area contributed by atoms with Crippen molar-refractivity contribution in [2.45, 2.75) is 6.92 Å². The van der Waals surface area contributed by atoms with E-state index in [-0.39, 0.29) is 0 Å². The van der Waals surface area contributed by atoms with Gasteiger partial charge in [-0.3, -0.25) is 0 Å². The Morgan fingerprint density at radius 3 is 2.70 bits per heavy atom. The van der Waals surface area contributed by atoms with Gasteiger partial charge in [0, 0.05) is 5.69 Å². The molecule has 2 N–H and O–H groups in total. The van der Waals surface area contributed by atoms with E-state index in [1.807, 2.05) is 55.5 Å². The van der Waals surface area contributed by atoms with E-state index in [0.717, 1.165) is 22.7 Å². The first-order valence-corrected chi connectivity index (χ1v) is 7.18. The molecule has 0 aliphatic rings. The molecule has 0 spiro atoms. The standard InChI is InChI=1S/C17H17N5O/c1-12-6-5-7-13(10-12)19-17-21-16(11-18-22-17)20-14-8-3-4-9-15(14)23-2/h3-11H,1-2H3,(H2,19,20,21,22). The molecular weight excluding hydrogens is 290 g/mol. The fourth-order valence-electron chi connectivity index (χ4n) is 2.15. The van der Waals surface area contributed by atoms with Crippen molar-refractivity contribution in [3.05, 3.63) is 60.3 Å². The molecule has 0 saturated heterocycles. The Labute approximate surface area is 134 Å². The van der Waals surface area contributed by atoms with Gasteiger partial charge in [0.05, 0.1) is 19.0 Å². The van der Waals surface area contributed by atoms with Crippen molar-refractivity contribution in [3.63, 3.8) is 0 Å². The first kappa shape index (κ1) is 14.8. The molecule has 116 valence electrons. The van der Waals surface area contributed by atoms with Gasteiger partial charge in [-0.25, -0.2) is 0 Å². The zero-order valence-electron chi connectivity index (χ0n) is 12.9. The Bertz CT molecular complexity index is 806. The molecular formula is C17H17N5O. The molecule has 0 radical (unpaired) electrons. The highest BCUT2D eigenvalue weighted by atomic mass is 16.5. The van der Waals surface area contributed by atoms with Crippen molar-refractivity contribution in [2.24, 2.45) is 0 Å². The highest BCUT2D eigenvalue weighted by molar-refractivity contribution is 5.64. The van der Waals surface area contributed by atoms with Crippen molar-refractivity contribution in [1.82, 2.24) is 15.2 Å². The molecule has 0 unspecified atom stereocenters. The van der Waals surface area contributed by atoms with E-state index in [1.54, 1.807) is 13.3 Å². The van der Waals surface area contributed by atoms with E-state index in [1.165, 1.54) is 0 Å². The van der Waals surface area contributed by atoms with E-state index in [4.69, 9.17) is 4.74 Å². The van der Waals surface area contributed by atoms with Gasteiger partial charge in [-0.05, 0) is 36.8 Å². The van der Waals surface area contributed by atoms with Gasteiger partial charge in [0.15, 0.2) is 5.82 Å². The van der Waals surface area contributed by atoms with Crippen LogP contribution >= 0.6 is 0 Å². The van der Waals surface area contributed by atoms with Crippen LogP contribution < -0.4 is 15.4 Å². The summed E-state index contributed by atoms with van der Waals surface area (Å²) in [6.45, 7) is 2.03. The van der Waals surface area contributed by atoms with Crippen LogP contribution in [0.2, 0.25) is 0 Å². The smallest absolute Gasteiger partial charge is 0.249 e. The summed E-state index contributed by atoms with van der Waals surface area (Å²) < 4.78 is 5.31. The van der Waals surface area contributed by atoms with Crippen LogP contribution in [0.15, 0.2) is 54.7 Å². The molecule has 0 aliphatic heterocycles. The molecule has 2 aromatic carbocycles. The molecule has 0 aliphatic carbocycles. The average molecular weight is 307 g/mol. The third-order valence-corrected chi connectivity index (χ3v) is 3.20. The van der Waals surface area contributed by atoms with E-state index < -0.39 is 0 Å². The van der Waals surface area contributed by atoms with Crippen LogP contribution in [-0.2, 0) is 0 Å². The van der Waals surface area contributed by atoms with Gasteiger partial charge in [-0.15, -0.1) is 5.10 Å². The lowest BCUT2D eigenvalue weighted by Crippen LogP contribution is -2.03. The predicted octanol–water partition coefficient (Wildman–Crippen LogP) is 3.68. The first-order valence-electron chi connectivity index (χ1n) is 7.18. The Kier molecular flexibility index (Phi) is 4.33. The minimum Gasteiger partial charge on any atom is -0.495 e. The minimum atomic E-state index is 0.426. The number of hydrogen-bond donors (Lipinski definition) is 2. The van der Waals surface area contributed by atoms with Gasteiger partial charge in [-0.2, -0.15) is 10.1 Å². The highest BCUT2D eigenvalue weighted by Crippen LogP contribution is 2.26. The Morgan fingerprint density at radius 1 is 1.00 bits per heavy atom. The van der Waals surface area contributed by atoms with Gasteiger partial charge in [0.25, 0.3) is 0 Å². The summed E-state index contributed by atoms with van der Waals surface area (Å²) in [5.74, 6) is 1.74. The second-order valence-electron chi connectivity index (χ2n) is 4.98. The highest BCUT2D eigenvalue weighted by Gasteiger charge is 2.05. The number of rotatable bonds is 5. The number of para-hydroxylation sites is 2. The molecule has 6 nitrogen and oxygen atoms in total. The first-order chi connectivity index (χ1) is 11.2. The SMILES string of the molecule is COc1ccccc1Nc1cnnc(Nc2cccc(C)c2)n1. The topological polar surface area (TPSA) is 72.0 Å². The summed E-state index contributed by atoms with van der Waals surface area (Å²) >= 11 is 0. The summed E-state index contributed by atoms with van der Waals surface area (Å²) in [4.78, 5) is 4.42. The molecule has 23 heavy (non-hydrogen) atoms. The van der Waals surface area contributed by atoms with Crippen molar-refractivity contribution < 1.29 is 4.74 Å². The lowest BCUT2D eigenvalue weighted by Gasteiger charge is -2.10. The maximum atomic E-state index is 5.31. The largest absolute Gasteiger partial charge is 0.495 e. The maximum absolute atomic E-state index is 5.31. The number of benzene rings is 2. The van der Waals surface area contributed by atoms with Gasteiger partial charge in [0.2, 0.25) is 5.95 Å². The van der Waals surface area contributed by atoms with Gasteiger partial charge >= 0.3 is 0 Å². The number of ether oxygens (including phenoxy) is 1. The Hall–Kier alpha value is -3.15. The number of methoxy groups -OCH3 is 1. The molecule has 3 aromatic rings. The Balaban J connectivity index is 1.80. The van der Waals surface area contributed by atoms with Crippen LogP contribution in [-0.4, -0.2) is 22.3 Å². The Morgan fingerprint density at radius 2 is 1.87 bits per heavy atom.